The van der Waals surface area contributed by atoms with Gasteiger partial charge in [-0.25, -0.2) is 0 Å². The zero-order valence-electron chi connectivity index (χ0n) is 5.97. The molecule has 0 heterocycles. The molecule has 0 saturated carbocycles. The minimum absolute atomic E-state index is 0.272. The standard InChI is InChI=1S/C9H10Cl/c1-7(2)8-5-3-4-6-9(8)10/h3-7H,1H2,2H3. The van der Waals surface area contributed by atoms with Gasteiger partial charge in [-0.2, -0.15) is 0 Å². The van der Waals surface area contributed by atoms with Crippen LogP contribution in [-0.2, 0) is 0 Å². The van der Waals surface area contributed by atoms with Gasteiger partial charge in [0.05, 0.1) is 0 Å². The fraction of sp³-hybridized carbons (Fsp3) is 0.222. The number of benzene rings is 1. The first-order valence-electron chi connectivity index (χ1n) is 3.29. The maximum Gasteiger partial charge on any atom is 0.0440 e. The van der Waals surface area contributed by atoms with Crippen molar-refractivity contribution in [3.8, 4) is 0 Å². The molecular weight excluding hydrogens is 144 g/mol. The van der Waals surface area contributed by atoms with Crippen molar-refractivity contribution in [2.75, 3.05) is 0 Å². The van der Waals surface area contributed by atoms with Crippen molar-refractivity contribution in [1.29, 1.82) is 0 Å². The predicted octanol–water partition coefficient (Wildman–Crippen LogP) is 3.28. The Morgan fingerprint density at radius 2 is 2.00 bits per heavy atom. The Hall–Kier alpha value is -0.490. The van der Waals surface area contributed by atoms with E-state index in [1.165, 1.54) is 0 Å². The van der Waals surface area contributed by atoms with Crippen LogP contribution in [0.1, 0.15) is 18.4 Å². The molecule has 1 rings (SSSR count). The van der Waals surface area contributed by atoms with Gasteiger partial charge in [-0.15, -0.1) is 0 Å². The molecule has 0 fully saturated rings. The zero-order chi connectivity index (χ0) is 7.56. The van der Waals surface area contributed by atoms with E-state index in [4.69, 9.17) is 11.6 Å². The molecule has 0 N–H and O–H groups in total. The summed E-state index contributed by atoms with van der Waals surface area (Å²) >= 11 is 5.88. The highest BCUT2D eigenvalue weighted by molar-refractivity contribution is 6.31. The maximum absolute atomic E-state index is 5.88. The Morgan fingerprint density at radius 3 is 2.40 bits per heavy atom. The first kappa shape index (κ1) is 7.62. The Kier molecular flexibility index (Phi) is 2.34. The third-order valence-electron chi connectivity index (χ3n) is 1.44. The fourth-order valence-electron chi connectivity index (χ4n) is 0.875. The molecule has 1 unspecified atom stereocenters. The van der Waals surface area contributed by atoms with Gasteiger partial charge in [-0.1, -0.05) is 36.7 Å². The Balaban J connectivity index is 3.03. The van der Waals surface area contributed by atoms with E-state index in [9.17, 15) is 0 Å². The van der Waals surface area contributed by atoms with Crippen LogP contribution in [0.25, 0.3) is 0 Å². The summed E-state index contributed by atoms with van der Waals surface area (Å²) in [6.07, 6.45) is 0. The van der Waals surface area contributed by atoms with E-state index in [2.05, 4.69) is 6.92 Å². The third kappa shape index (κ3) is 1.51. The monoisotopic (exact) mass is 153 g/mol. The van der Waals surface area contributed by atoms with E-state index in [1.807, 2.05) is 31.2 Å². The lowest BCUT2D eigenvalue weighted by Gasteiger charge is -2.05. The molecule has 0 saturated heterocycles. The normalized spacial score (nSPS) is 10.4. The highest BCUT2D eigenvalue weighted by Gasteiger charge is 2.01. The van der Waals surface area contributed by atoms with Gasteiger partial charge in [0, 0.05) is 5.02 Å². The van der Waals surface area contributed by atoms with E-state index in [-0.39, 0.29) is 5.92 Å². The Bertz CT molecular complexity index is 216. The van der Waals surface area contributed by atoms with E-state index in [0.29, 0.717) is 0 Å². The van der Waals surface area contributed by atoms with Gasteiger partial charge < -0.3 is 0 Å². The second-order valence-corrected chi connectivity index (χ2v) is 2.83. The second kappa shape index (κ2) is 3.07. The molecule has 0 aliphatic carbocycles. The van der Waals surface area contributed by atoms with Crippen molar-refractivity contribution >= 4 is 11.6 Å². The van der Waals surface area contributed by atoms with Gasteiger partial charge in [0.2, 0.25) is 0 Å². The topological polar surface area (TPSA) is 0 Å². The summed E-state index contributed by atoms with van der Waals surface area (Å²) in [5, 5.41) is 0.810. The number of rotatable bonds is 1. The van der Waals surface area contributed by atoms with E-state index in [0.717, 1.165) is 10.6 Å². The average Bonchev–Trinajstić information content (AvgIpc) is 1.88. The van der Waals surface area contributed by atoms with Crippen molar-refractivity contribution < 1.29 is 0 Å². The van der Waals surface area contributed by atoms with Crippen LogP contribution in [0.2, 0.25) is 5.02 Å². The average molecular weight is 154 g/mol. The van der Waals surface area contributed by atoms with Crippen LogP contribution in [0.3, 0.4) is 0 Å². The van der Waals surface area contributed by atoms with Crippen LogP contribution in [-0.4, -0.2) is 0 Å². The number of halogens is 1. The number of hydrogen-bond donors (Lipinski definition) is 0. The van der Waals surface area contributed by atoms with Crippen LogP contribution in [0, 0.1) is 6.92 Å². The zero-order valence-corrected chi connectivity index (χ0v) is 6.73. The van der Waals surface area contributed by atoms with Crippen molar-refractivity contribution in [1.82, 2.24) is 0 Å². The van der Waals surface area contributed by atoms with Crippen LogP contribution in [0.15, 0.2) is 24.3 Å². The van der Waals surface area contributed by atoms with Crippen molar-refractivity contribution in [2.24, 2.45) is 0 Å². The van der Waals surface area contributed by atoms with Crippen molar-refractivity contribution in [3.05, 3.63) is 41.8 Å². The second-order valence-electron chi connectivity index (χ2n) is 2.42. The minimum atomic E-state index is 0.272. The van der Waals surface area contributed by atoms with Gasteiger partial charge in [0.25, 0.3) is 0 Å². The molecule has 53 valence electrons. The highest BCUT2D eigenvalue weighted by atomic mass is 35.5. The summed E-state index contributed by atoms with van der Waals surface area (Å²) in [7, 11) is 0. The highest BCUT2D eigenvalue weighted by Crippen LogP contribution is 2.22. The first-order chi connectivity index (χ1) is 4.72. The molecule has 1 radical (unpaired) electrons. The molecule has 10 heavy (non-hydrogen) atoms. The van der Waals surface area contributed by atoms with Gasteiger partial charge in [-0.05, 0) is 24.5 Å². The fourth-order valence-corrected chi connectivity index (χ4v) is 1.20. The molecule has 0 bridgehead atoms. The van der Waals surface area contributed by atoms with Crippen LogP contribution < -0.4 is 0 Å². The Morgan fingerprint density at radius 1 is 1.40 bits per heavy atom. The number of hydrogen-bond acceptors (Lipinski definition) is 0. The molecule has 0 aliphatic heterocycles. The smallest absolute Gasteiger partial charge is 0.0440 e. The van der Waals surface area contributed by atoms with Crippen LogP contribution in [0.5, 0.6) is 0 Å². The SMILES string of the molecule is [CH2]C(C)c1ccccc1Cl. The van der Waals surface area contributed by atoms with Crippen LogP contribution >= 0.6 is 11.6 Å². The molecule has 0 spiro atoms. The first-order valence-corrected chi connectivity index (χ1v) is 3.67. The van der Waals surface area contributed by atoms with Gasteiger partial charge in [0.1, 0.15) is 0 Å². The minimum Gasteiger partial charge on any atom is -0.0840 e. The lowest BCUT2D eigenvalue weighted by molar-refractivity contribution is 0.965. The van der Waals surface area contributed by atoms with Crippen molar-refractivity contribution in [3.63, 3.8) is 0 Å². The quantitative estimate of drug-likeness (QED) is 0.581. The molecule has 1 heteroatoms. The molecule has 1 atom stereocenters. The van der Waals surface area contributed by atoms with Crippen LogP contribution in [0.4, 0.5) is 0 Å². The molecule has 1 aromatic carbocycles. The summed E-state index contributed by atoms with van der Waals surface area (Å²) in [6, 6.07) is 7.79. The summed E-state index contributed by atoms with van der Waals surface area (Å²) in [5.41, 5.74) is 1.11. The molecule has 0 nitrogen and oxygen atoms in total. The lowest BCUT2D eigenvalue weighted by Crippen LogP contribution is -1.86. The third-order valence-corrected chi connectivity index (χ3v) is 1.78. The largest absolute Gasteiger partial charge is 0.0840 e. The summed E-state index contributed by atoms with van der Waals surface area (Å²) < 4.78 is 0. The molecule has 1 aromatic rings. The molecule has 0 aromatic heterocycles. The molecular formula is C9H10Cl. The van der Waals surface area contributed by atoms with E-state index < -0.39 is 0 Å². The lowest BCUT2D eigenvalue weighted by atomic mass is 10.0. The Labute approximate surface area is 66.8 Å². The summed E-state index contributed by atoms with van der Waals surface area (Å²) in [4.78, 5) is 0. The predicted molar refractivity (Wildman–Crippen MR) is 45.2 cm³/mol. The van der Waals surface area contributed by atoms with Gasteiger partial charge in [-0.3, -0.25) is 0 Å². The maximum atomic E-state index is 5.88. The molecule has 0 amide bonds. The van der Waals surface area contributed by atoms with Crippen molar-refractivity contribution in [2.45, 2.75) is 12.8 Å². The summed E-state index contributed by atoms with van der Waals surface area (Å²) in [5.74, 6) is 0.272. The molecule has 0 aliphatic rings. The van der Waals surface area contributed by atoms with E-state index >= 15 is 0 Å². The van der Waals surface area contributed by atoms with E-state index in [1.54, 1.807) is 0 Å². The van der Waals surface area contributed by atoms with Gasteiger partial charge in [0.15, 0.2) is 0 Å². The summed E-state index contributed by atoms with van der Waals surface area (Å²) in [6.45, 7) is 5.91. The van der Waals surface area contributed by atoms with Gasteiger partial charge >= 0.3 is 0 Å².